The SMILES string of the molecule is CC(C)(CCC(=O)O)NC(=O)c1ccc(COc2ccc3ccccc3c2)o1. The van der Waals surface area contributed by atoms with Crippen LogP contribution in [0.3, 0.4) is 0 Å². The van der Waals surface area contributed by atoms with E-state index in [0.29, 0.717) is 12.2 Å². The van der Waals surface area contributed by atoms with E-state index in [1.165, 1.54) is 0 Å². The number of rotatable bonds is 8. The van der Waals surface area contributed by atoms with E-state index in [1.54, 1.807) is 26.0 Å². The lowest BCUT2D eigenvalue weighted by atomic mass is 9.98. The number of aliphatic carboxylic acids is 1. The molecule has 1 amide bonds. The number of fused-ring (bicyclic) bond motifs is 1. The number of carboxylic acids is 1. The topological polar surface area (TPSA) is 88.8 Å². The number of ether oxygens (including phenoxy) is 1. The maximum absolute atomic E-state index is 12.3. The Balaban J connectivity index is 1.58. The zero-order chi connectivity index (χ0) is 20.1. The van der Waals surface area contributed by atoms with Gasteiger partial charge >= 0.3 is 5.97 Å². The van der Waals surface area contributed by atoms with Crippen molar-refractivity contribution in [3.05, 3.63) is 66.1 Å². The zero-order valence-electron chi connectivity index (χ0n) is 15.9. The number of nitrogens with one attached hydrogen (secondary N) is 1. The monoisotopic (exact) mass is 381 g/mol. The van der Waals surface area contributed by atoms with Gasteiger partial charge in [-0.1, -0.05) is 30.3 Å². The Morgan fingerprint density at radius 3 is 2.57 bits per heavy atom. The Bertz CT molecular complexity index is 989. The molecule has 0 saturated carbocycles. The average molecular weight is 381 g/mol. The summed E-state index contributed by atoms with van der Waals surface area (Å²) in [4.78, 5) is 23.1. The fraction of sp³-hybridized carbons (Fsp3) is 0.273. The second-order valence-corrected chi connectivity index (χ2v) is 7.30. The van der Waals surface area contributed by atoms with Gasteiger partial charge in [0.05, 0.1) is 0 Å². The highest BCUT2D eigenvalue weighted by molar-refractivity contribution is 5.92. The van der Waals surface area contributed by atoms with Crippen molar-refractivity contribution in [1.29, 1.82) is 0 Å². The molecule has 0 aliphatic carbocycles. The molecule has 146 valence electrons. The molecule has 6 nitrogen and oxygen atoms in total. The molecule has 0 aliphatic heterocycles. The van der Waals surface area contributed by atoms with Gasteiger partial charge in [-0.15, -0.1) is 0 Å². The summed E-state index contributed by atoms with van der Waals surface area (Å²) in [5, 5.41) is 13.8. The Labute approximate surface area is 163 Å². The normalized spacial score (nSPS) is 11.4. The number of hydrogen-bond donors (Lipinski definition) is 2. The van der Waals surface area contributed by atoms with Gasteiger partial charge in [-0.2, -0.15) is 0 Å². The Hall–Kier alpha value is -3.28. The van der Waals surface area contributed by atoms with Gasteiger partial charge in [0.1, 0.15) is 18.1 Å². The smallest absolute Gasteiger partial charge is 0.303 e. The van der Waals surface area contributed by atoms with Crippen LogP contribution >= 0.6 is 0 Å². The second-order valence-electron chi connectivity index (χ2n) is 7.30. The predicted molar refractivity (Wildman–Crippen MR) is 105 cm³/mol. The van der Waals surface area contributed by atoms with Crippen LogP contribution < -0.4 is 10.1 Å². The maximum Gasteiger partial charge on any atom is 0.303 e. The minimum atomic E-state index is -0.895. The number of hydrogen-bond acceptors (Lipinski definition) is 4. The maximum atomic E-state index is 12.3. The molecule has 0 bridgehead atoms. The Morgan fingerprint density at radius 1 is 1.07 bits per heavy atom. The van der Waals surface area contributed by atoms with Crippen LogP contribution in [0.4, 0.5) is 0 Å². The first-order chi connectivity index (χ1) is 13.3. The lowest BCUT2D eigenvalue weighted by molar-refractivity contribution is -0.137. The van der Waals surface area contributed by atoms with Gasteiger partial charge in [-0.25, -0.2) is 0 Å². The van der Waals surface area contributed by atoms with Crippen molar-refractivity contribution >= 4 is 22.6 Å². The molecular formula is C22H23NO5. The van der Waals surface area contributed by atoms with E-state index in [2.05, 4.69) is 5.32 Å². The molecule has 1 aromatic heterocycles. The van der Waals surface area contributed by atoms with E-state index in [1.807, 2.05) is 42.5 Å². The summed E-state index contributed by atoms with van der Waals surface area (Å²) in [7, 11) is 0. The van der Waals surface area contributed by atoms with E-state index in [0.717, 1.165) is 16.5 Å². The summed E-state index contributed by atoms with van der Waals surface area (Å²) in [6.45, 7) is 3.76. The third-order valence-electron chi connectivity index (χ3n) is 4.40. The first-order valence-electron chi connectivity index (χ1n) is 9.07. The summed E-state index contributed by atoms with van der Waals surface area (Å²) in [6.07, 6.45) is 0.309. The minimum Gasteiger partial charge on any atom is -0.486 e. The molecule has 0 unspecified atom stereocenters. The lowest BCUT2D eigenvalue weighted by Gasteiger charge is -2.24. The minimum absolute atomic E-state index is 0.0176. The van der Waals surface area contributed by atoms with Crippen LogP contribution in [0.5, 0.6) is 5.75 Å². The number of carbonyl (C=O) groups is 2. The molecule has 0 fully saturated rings. The van der Waals surface area contributed by atoms with Crippen molar-refractivity contribution in [2.45, 2.75) is 38.8 Å². The van der Waals surface area contributed by atoms with Crippen LogP contribution in [-0.4, -0.2) is 22.5 Å². The Morgan fingerprint density at radius 2 is 1.82 bits per heavy atom. The van der Waals surface area contributed by atoms with E-state index >= 15 is 0 Å². The molecule has 0 aliphatic rings. The molecule has 3 rings (SSSR count). The van der Waals surface area contributed by atoms with Crippen LogP contribution in [-0.2, 0) is 11.4 Å². The number of carbonyl (C=O) groups excluding carboxylic acids is 1. The first-order valence-corrected chi connectivity index (χ1v) is 9.07. The molecule has 28 heavy (non-hydrogen) atoms. The molecule has 2 aromatic carbocycles. The van der Waals surface area contributed by atoms with Crippen molar-refractivity contribution in [1.82, 2.24) is 5.32 Å². The van der Waals surface area contributed by atoms with Crippen molar-refractivity contribution in [2.24, 2.45) is 0 Å². The van der Waals surface area contributed by atoms with Crippen LogP contribution in [0.25, 0.3) is 10.8 Å². The summed E-state index contributed by atoms with van der Waals surface area (Å²) < 4.78 is 11.3. The van der Waals surface area contributed by atoms with Crippen LogP contribution in [0.15, 0.2) is 59.0 Å². The van der Waals surface area contributed by atoms with Crippen molar-refractivity contribution in [2.75, 3.05) is 0 Å². The summed E-state index contributed by atoms with van der Waals surface area (Å²) in [5.41, 5.74) is -0.649. The van der Waals surface area contributed by atoms with Gasteiger partial charge in [0.2, 0.25) is 0 Å². The highest BCUT2D eigenvalue weighted by Crippen LogP contribution is 2.22. The number of amides is 1. The fourth-order valence-corrected chi connectivity index (χ4v) is 2.84. The first kappa shape index (κ1) is 19.5. The molecule has 6 heteroatoms. The molecule has 1 heterocycles. The molecular weight excluding hydrogens is 358 g/mol. The molecule has 3 aromatic rings. The van der Waals surface area contributed by atoms with Crippen molar-refractivity contribution < 1.29 is 23.8 Å². The van der Waals surface area contributed by atoms with Crippen molar-refractivity contribution in [3.63, 3.8) is 0 Å². The number of carboxylic acid groups (broad SMARTS) is 1. The summed E-state index contributed by atoms with van der Waals surface area (Å²) >= 11 is 0. The zero-order valence-corrected chi connectivity index (χ0v) is 15.9. The van der Waals surface area contributed by atoms with Crippen LogP contribution in [0, 0.1) is 0 Å². The molecule has 0 spiro atoms. The fourth-order valence-electron chi connectivity index (χ4n) is 2.84. The van der Waals surface area contributed by atoms with Gasteiger partial charge in [-0.3, -0.25) is 9.59 Å². The van der Waals surface area contributed by atoms with Gasteiger partial charge in [0.25, 0.3) is 5.91 Å². The van der Waals surface area contributed by atoms with E-state index in [-0.39, 0.29) is 24.7 Å². The summed E-state index contributed by atoms with van der Waals surface area (Å²) in [5.74, 6) is 0.138. The molecule has 2 N–H and O–H groups in total. The van der Waals surface area contributed by atoms with Gasteiger partial charge in [-0.05, 0) is 55.3 Å². The standard InChI is InChI=1S/C22H23NO5/c1-22(2,12-11-20(24)25)23-21(26)19-10-9-18(28-19)14-27-17-8-7-15-5-3-4-6-16(15)13-17/h3-10,13H,11-12,14H2,1-2H3,(H,23,26)(H,24,25). The predicted octanol–water partition coefficient (Wildman–Crippen LogP) is 4.39. The molecule has 0 saturated heterocycles. The van der Waals surface area contributed by atoms with Crippen molar-refractivity contribution in [3.8, 4) is 5.75 Å². The third kappa shape index (κ3) is 5.13. The number of benzene rings is 2. The van der Waals surface area contributed by atoms with E-state index in [9.17, 15) is 9.59 Å². The summed E-state index contributed by atoms with van der Waals surface area (Å²) in [6, 6.07) is 17.1. The highest BCUT2D eigenvalue weighted by Gasteiger charge is 2.23. The van der Waals surface area contributed by atoms with Gasteiger partial charge in [0.15, 0.2) is 5.76 Å². The van der Waals surface area contributed by atoms with E-state index < -0.39 is 11.5 Å². The second kappa shape index (κ2) is 8.17. The molecule has 0 atom stereocenters. The quantitative estimate of drug-likeness (QED) is 0.604. The largest absolute Gasteiger partial charge is 0.486 e. The number of furan rings is 1. The van der Waals surface area contributed by atoms with Crippen LogP contribution in [0.1, 0.15) is 43.0 Å². The molecule has 0 radical (unpaired) electrons. The van der Waals surface area contributed by atoms with Gasteiger partial charge < -0.3 is 19.6 Å². The van der Waals surface area contributed by atoms with E-state index in [4.69, 9.17) is 14.3 Å². The Kier molecular flexibility index (Phi) is 5.68. The van der Waals surface area contributed by atoms with Crippen LogP contribution in [0.2, 0.25) is 0 Å². The van der Waals surface area contributed by atoms with Gasteiger partial charge in [0, 0.05) is 12.0 Å². The average Bonchev–Trinajstić information content (AvgIpc) is 3.14. The lowest BCUT2D eigenvalue weighted by Crippen LogP contribution is -2.43. The highest BCUT2D eigenvalue weighted by atomic mass is 16.5. The third-order valence-corrected chi connectivity index (χ3v) is 4.40.